The Morgan fingerprint density at radius 3 is 2.11 bits per heavy atom. The van der Waals surface area contributed by atoms with E-state index in [1.165, 1.54) is 0 Å². The molecule has 0 aliphatic carbocycles. The predicted molar refractivity (Wildman–Crippen MR) is 107 cm³/mol. The Morgan fingerprint density at radius 2 is 1.67 bits per heavy atom. The number of benzene rings is 1. The Hall–Kier alpha value is -1.49. The van der Waals surface area contributed by atoms with Crippen LogP contribution in [-0.4, -0.2) is 27.5 Å². The van der Waals surface area contributed by atoms with Gasteiger partial charge in [-0.1, -0.05) is 58.7 Å². The Balaban J connectivity index is 0.00000153. The van der Waals surface area contributed by atoms with E-state index in [2.05, 4.69) is 27.7 Å². The van der Waals surface area contributed by atoms with Crippen molar-refractivity contribution in [3.8, 4) is 5.75 Å². The quantitative estimate of drug-likeness (QED) is 0.409. The van der Waals surface area contributed by atoms with Gasteiger partial charge in [0.05, 0.1) is 12.5 Å². The largest absolute Gasteiger partial charge is 0.692 e. The summed E-state index contributed by atoms with van der Waals surface area (Å²) in [5.74, 6) is 0.548. The summed E-state index contributed by atoms with van der Waals surface area (Å²) in [6, 6.07) is 7.47. The Morgan fingerprint density at radius 1 is 1.15 bits per heavy atom. The van der Waals surface area contributed by atoms with E-state index in [1.54, 1.807) is 6.07 Å². The van der Waals surface area contributed by atoms with E-state index >= 15 is 0 Å². The van der Waals surface area contributed by atoms with Crippen molar-refractivity contribution >= 4 is 14.2 Å². The Labute approximate surface area is 163 Å². The molecule has 1 atom stereocenters. The summed E-state index contributed by atoms with van der Waals surface area (Å²) < 4.78 is 14.0. The van der Waals surface area contributed by atoms with Crippen molar-refractivity contribution < 1.29 is 29.0 Å². The molecule has 0 spiro atoms. The standard InChI is InChI=1S/C20H32O3.HO3P/c1-6-15(7-2)16(19(22)23-8-3)13-14-20(4,5)17-11-9-10-12-18(17)21;1-4(2)3/h9-12,15-16,21H,6-8,13-14H2,1-5H3;(H-,1,2,3)/p+1. The average Bonchev–Trinajstić information content (AvgIpc) is 2.58. The van der Waals surface area contributed by atoms with Crippen molar-refractivity contribution in [2.24, 2.45) is 11.8 Å². The summed E-state index contributed by atoms with van der Waals surface area (Å²) in [6.07, 6.45) is 3.59. The van der Waals surface area contributed by atoms with E-state index in [0.29, 0.717) is 18.3 Å². The first-order chi connectivity index (χ1) is 12.6. The lowest BCUT2D eigenvalue weighted by Gasteiger charge is -2.30. The molecule has 0 aliphatic rings. The third-order valence-corrected chi connectivity index (χ3v) is 4.92. The molecule has 0 fully saturated rings. The zero-order valence-corrected chi connectivity index (χ0v) is 17.9. The van der Waals surface area contributed by atoms with Crippen LogP contribution in [0.2, 0.25) is 0 Å². The number of aromatic hydroxyl groups is 1. The highest BCUT2D eigenvalue weighted by Gasteiger charge is 2.31. The fourth-order valence-electron chi connectivity index (χ4n) is 3.35. The van der Waals surface area contributed by atoms with Gasteiger partial charge in [0, 0.05) is 4.57 Å². The minimum atomic E-state index is -2.87. The summed E-state index contributed by atoms with van der Waals surface area (Å²) >= 11 is 0. The van der Waals surface area contributed by atoms with Crippen LogP contribution < -0.4 is 0 Å². The summed E-state index contributed by atoms with van der Waals surface area (Å²) in [5, 5.41) is 10.1. The molecular formula is C20H34O6P+. The van der Waals surface area contributed by atoms with Gasteiger partial charge in [0.15, 0.2) is 0 Å². The first-order valence-electron chi connectivity index (χ1n) is 9.40. The van der Waals surface area contributed by atoms with Crippen LogP contribution in [0, 0.1) is 11.8 Å². The number of hydrogen-bond donors (Lipinski definition) is 3. The number of hydrogen-bond acceptors (Lipinski definition) is 4. The molecule has 0 amide bonds. The van der Waals surface area contributed by atoms with Crippen LogP contribution in [0.1, 0.15) is 65.9 Å². The van der Waals surface area contributed by atoms with Gasteiger partial charge in [-0.2, -0.15) is 0 Å². The fourth-order valence-corrected chi connectivity index (χ4v) is 3.35. The third-order valence-electron chi connectivity index (χ3n) is 4.92. The maximum absolute atomic E-state index is 12.4. The minimum Gasteiger partial charge on any atom is -0.508 e. The molecule has 1 rings (SSSR count). The lowest BCUT2D eigenvalue weighted by Crippen LogP contribution is -2.28. The fraction of sp³-hybridized carbons (Fsp3) is 0.650. The number of phenolic OH excluding ortho intramolecular Hbond substituents is 1. The van der Waals surface area contributed by atoms with Crippen LogP contribution in [-0.2, 0) is 19.5 Å². The molecule has 1 aromatic carbocycles. The number of carbonyl (C=O) groups excluding carboxylic acids is 1. The molecule has 1 aromatic rings. The number of carbonyl (C=O) groups is 1. The van der Waals surface area contributed by atoms with Crippen LogP contribution in [0.15, 0.2) is 24.3 Å². The predicted octanol–water partition coefficient (Wildman–Crippen LogP) is 4.69. The molecule has 3 N–H and O–H groups in total. The minimum absolute atomic E-state index is 0.0601. The molecule has 0 radical (unpaired) electrons. The van der Waals surface area contributed by atoms with Gasteiger partial charge in [0.25, 0.3) is 0 Å². The highest BCUT2D eigenvalue weighted by atomic mass is 31.1. The van der Waals surface area contributed by atoms with Gasteiger partial charge in [-0.05, 0) is 42.7 Å². The van der Waals surface area contributed by atoms with Gasteiger partial charge in [-0.25, -0.2) is 0 Å². The van der Waals surface area contributed by atoms with Gasteiger partial charge < -0.3 is 9.84 Å². The number of ether oxygens (including phenoxy) is 1. The number of para-hydroxylation sites is 1. The molecule has 1 unspecified atom stereocenters. The normalized spacial score (nSPS) is 12.1. The van der Waals surface area contributed by atoms with Crippen molar-refractivity contribution in [2.75, 3.05) is 6.61 Å². The summed E-state index contributed by atoms with van der Waals surface area (Å²) in [6.45, 7) is 10.8. The summed E-state index contributed by atoms with van der Waals surface area (Å²) in [7, 11) is -2.87. The van der Waals surface area contributed by atoms with E-state index in [-0.39, 0.29) is 17.3 Å². The van der Waals surface area contributed by atoms with E-state index in [1.807, 2.05) is 25.1 Å². The van der Waals surface area contributed by atoms with Crippen molar-refractivity contribution in [3.05, 3.63) is 29.8 Å². The van der Waals surface area contributed by atoms with Crippen molar-refractivity contribution in [2.45, 2.75) is 65.7 Å². The highest BCUT2D eigenvalue weighted by Crippen LogP contribution is 2.37. The number of phenols is 1. The molecule has 0 aliphatic heterocycles. The van der Waals surface area contributed by atoms with Gasteiger partial charge in [-0.15, -0.1) is 9.79 Å². The zero-order valence-electron chi connectivity index (χ0n) is 17.0. The second kappa shape index (κ2) is 12.8. The number of esters is 1. The maximum atomic E-state index is 12.4. The molecule has 0 aromatic heterocycles. The highest BCUT2D eigenvalue weighted by molar-refractivity contribution is 7.30. The van der Waals surface area contributed by atoms with Crippen LogP contribution in [0.25, 0.3) is 0 Å². The summed E-state index contributed by atoms with van der Waals surface area (Å²) in [5.41, 5.74) is 0.759. The SMILES string of the molecule is CCOC(=O)C(CCC(C)(C)c1ccccc1O)C(CC)CC.O=[P+](O)O. The maximum Gasteiger partial charge on any atom is 0.692 e. The summed E-state index contributed by atoms with van der Waals surface area (Å²) in [4.78, 5) is 26.6. The lowest BCUT2D eigenvalue weighted by molar-refractivity contribution is -0.150. The van der Waals surface area contributed by atoms with Crippen LogP contribution >= 0.6 is 8.25 Å². The smallest absolute Gasteiger partial charge is 0.508 e. The molecule has 27 heavy (non-hydrogen) atoms. The van der Waals surface area contributed by atoms with Crippen molar-refractivity contribution in [3.63, 3.8) is 0 Å². The molecule has 7 heteroatoms. The van der Waals surface area contributed by atoms with E-state index in [4.69, 9.17) is 19.1 Å². The lowest BCUT2D eigenvalue weighted by atomic mass is 9.75. The van der Waals surface area contributed by atoms with E-state index in [0.717, 1.165) is 31.2 Å². The molecular weight excluding hydrogens is 367 g/mol. The average molecular weight is 401 g/mol. The molecule has 0 heterocycles. The van der Waals surface area contributed by atoms with E-state index in [9.17, 15) is 9.90 Å². The van der Waals surface area contributed by atoms with Crippen LogP contribution in [0.4, 0.5) is 0 Å². The topological polar surface area (TPSA) is 104 Å². The van der Waals surface area contributed by atoms with Gasteiger partial charge in [0.2, 0.25) is 0 Å². The van der Waals surface area contributed by atoms with Crippen LogP contribution in [0.3, 0.4) is 0 Å². The van der Waals surface area contributed by atoms with Crippen LogP contribution in [0.5, 0.6) is 5.75 Å². The molecule has 0 saturated carbocycles. The second-order valence-corrected chi connectivity index (χ2v) is 7.63. The Kier molecular flexibility index (Phi) is 12.1. The third kappa shape index (κ3) is 9.32. The molecule has 0 bridgehead atoms. The number of rotatable bonds is 9. The zero-order chi connectivity index (χ0) is 21.0. The molecule has 0 saturated heterocycles. The van der Waals surface area contributed by atoms with E-state index < -0.39 is 8.25 Å². The Bertz CT molecular complexity index is 580. The van der Waals surface area contributed by atoms with Crippen molar-refractivity contribution in [1.82, 2.24) is 0 Å². The first-order valence-corrected chi connectivity index (χ1v) is 10.6. The first kappa shape index (κ1) is 25.5. The van der Waals surface area contributed by atoms with Gasteiger partial charge in [-0.3, -0.25) is 4.79 Å². The van der Waals surface area contributed by atoms with Crippen molar-refractivity contribution in [1.29, 1.82) is 0 Å². The second-order valence-electron chi connectivity index (χ2n) is 7.13. The molecule has 154 valence electrons. The van der Waals surface area contributed by atoms with Gasteiger partial charge in [0.1, 0.15) is 5.75 Å². The van der Waals surface area contributed by atoms with Gasteiger partial charge >= 0.3 is 14.2 Å². The monoisotopic (exact) mass is 401 g/mol. The molecule has 6 nitrogen and oxygen atoms in total.